The SMILES string of the molecule is CNC1CCCC2SCCCN2C1=O. The fourth-order valence-electron chi connectivity index (χ4n) is 2.27. The lowest BCUT2D eigenvalue weighted by Gasteiger charge is -2.34. The minimum absolute atomic E-state index is 0.0682. The Labute approximate surface area is 89.6 Å². The van der Waals surface area contributed by atoms with Gasteiger partial charge in [0.25, 0.3) is 0 Å². The Morgan fingerprint density at radius 2 is 2.29 bits per heavy atom. The molecule has 1 amide bonds. The molecule has 0 aliphatic carbocycles. The Kier molecular flexibility index (Phi) is 3.34. The van der Waals surface area contributed by atoms with Crippen molar-refractivity contribution in [2.75, 3.05) is 19.3 Å². The van der Waals surface area contributed by atoms with Gasteiger partial charge < -0.3 is 10.2 Å². The van der Waals surface area contributed by atoms with Crippen molar-refractivity contribution in [2.45, 2.75) is 37.1 Å². The second-order valence-electron chi connectivity index (χ2n) is 3.98. The monoisotopic (exact) mass is 214 g/mol. The minimum Gasteiger partial charge on any atom is -0.329 e. The average Bonchev–Trinajstić information content (AvgIpc) is 2.39. The maximum atomic E-state index is 12.1. The molecule has 0 spiro atoms. The number of amides is 1. The molecule has 2 unspecified atom stereocenters. The Morgan fingerprint density at radius 3 is 3.07 bits per heavy atom. The molecule has 0 radical (unpaired) electrons. The highest BCUT2D eigenvalue weighted by atomic mass is 32.2. The van der Waals surface area contributed by atoms with E-state index >= 15 is 0 Å². The summed E-state index contributed by atoms with van der Waals surface area (Å²) in [6.07, 6.45) is 4.51. The Morgan fingerprint density at radius 1 is 1.43 bits per heavy atom. The van der Waals surface area contributed by atoms with E-state index in [1.807, 2.05) is 18.8 Å². The van der Waals surface area contributed by atoms with Gasteiger partial charge in [-0.15, -0.1) is 11.8 Å². The third-order valence-corrected chi connectivity index (χ3v) is 4.47. The lowest BCUT2D eigenvalue weighted by molar-refractivity contribution is -0.133. The number of rotatable bonds is 1. The predicted molar refractivity (Wildman–Crippen MR) is 59.3 cm³/mol. The van der Waals surface area contributed by atoms with Crippen molar-refractivity contribution < 1.29 is 4.79 Å². The lowest BCUT2D eigenvalue weighted by Crippen LogP contribution is -2.48. The van der Waals surface area contributed by atoms with Crippen molar-refractivity contribution in [2.24, 2.45) is 0 Å². The standard InChI is InChI=1S/C10H18N2OS/c1-11-8-4-2-5-9-12(10(8)13)6-3-7-14-9/h8-9,11H,2-7H2,1H3. The van der Waals surface area contributed by atoms with Crippen LogP contribution in [0.25, 0.3) is 0 Å². The number of nitrogens with zero attached hydrogens (tertiary/aromatic N) is 1. The molecule has 2 fully saturated rings. The molecule has 2 heterocycles. The topological polar surface area (TPSA) is 32.3 Å². The highest BCUT2D eigenvalue weighted by Crippen LogP contribution is 2.30. The molecule has 2 aliphatic rings. The molecule has 80 valence electrons. The largest absolute Gasteiger partial charge is 0.329 e. The summed E-state index contributed by atoms with van der Waals surface area (Å²) in [6, 6.07) is 0.0682. The van der Waals surface area contributed by atoms with Crippen LogP contribution in [-0.2, 0) is 4.79 Å². The zero-order valence-corrected chi connectivity index (χ0v) is 9.48. The van der Waals surface area contributed by atoms with Gasteiger partial charge in [0, 0.05) is 6.54 Å². The zero-order valence-electron chi connectivity index (χ0n) is 8.66. The van der Waals surface area contributed by atoms with E-state index < -0.39 is 0 Å². The second kappa shape index (κ2) is 4.53. The van der Waals surface area contributed by atoms with Crippen LogP contribution in [-0.4, -0.2) is 41.6 Å². The van der Waals surface area contributed by atoms with Crippen LogP contribution in [0.2, 0.25) is 0 Å². The Hall–Kier alpha value is -0.220. The third kappa shape index (κ3) is 1.91. The van der Waals surface area contributed by atoms with Crippen molar-refractivity contribution in [1.29, 1.82) is 0 Å². The zero-order chi connectivity index (χ0) is 9.97. The van der Waals surface area contributed by atoms with Crippen LogP contribution < -0.4 is 5.32 Å². The van der Waals surface area contributed by atoms with Gasteiger partial charge in [0.05, 0.1) is 11.4 Å². The van der Waals surface area contributed by atoms with Crippen molar-refractivity contribution in [3.63, 3.8) is 0 Å². The predicted octanol–water partition coefficient (Wildman–Crippen LogP) is 1.05. The van der Waals surface area contributed by atoms with Gasteiger partial charge in [0.15, 0.2) is 0 Å². The molecule has 1 N–H and O–H groups in total. The Bertz CT molecular complexity index is 222. The molecule has 2 aliphatic heterocycles. The van der Waals surface area contributed by atoms with Gasteiger partial charge in [-0.25, -0.2) is 0 Å². The first-order valence-electron chi connectivity index (χ1n) is 5.42. The number of thioether (sulfide) groups is 1. The molecule has 0 aromatic rings. The van der Waals surface area contributed by atoms with Crippen LogP contribution in [0.1, 0.15) is 25.7 Å². The molecular formula is C10H18N2OS. The molecule has 0 aromatic heterocycles. The van der Waals surface area contributed by atoms with Gasteiger partial charge >= 0.3 is 0 Å². The molecule has 2 rings (SSSR count). The summed E-state index contributed by atoms with van der Waals surface area (Å²) in [4.78, 5) is 14.1. The van der Waals surface area contributed by atoms with Crippen molar-refractivity contribution in [3.05, 3.63) is 0 Å². The van der Waals surface area contributed by atoms with Crippen LogP contribution in [0, 0.1) is 0 Å². The summed E-state index contributed by atoms with van der Waals surface area (Å²) in [5.74, 6) is 1.54. The van der Waals surface area contributed by atoms with E-state index in [4.69, 9.17) is 0 Å². The van der Waals surface area contributed by atoms with Crippen LogP contribution in [0.4, 0.5) is 0 Å². The summed E-state index contributed by atoms with van der Waals surface area (Å²) >= 11 is 1.95. The van der Waals surface area contributed by atoms with E-state index in [0.29, 0.717) is 11.3 Å². The Balaban J connectivity index is 2.09. The first kappa shape index (κ1) is 10.3. The highest BCUT2D eigenvalue weighted by molar-refractivity contribution is 7.99. The maximum Gasteiger partial charge on any atom is 0.240 e. The van der Waals surface area contributed by atoms with Gasteiger partial charge in [-0.3, -0.25) is 4.79 Å². The van der Waals surface area contributed by atoms with Crippen molar-refractivity contribution in [1.82, 2.24) is 10.2 Å². The molecular weight excluding hydrogens is 196 g/mol. The van der Waals surface area contributed by atoms with Crippen LogP contribution in [0.3, 0.4) is 0 Å². The molecule has 4 heteroatoms. The highest BCUT2D eigenvalue weighted by Gasteiger charge is 2.33. The first-order valence-corrected chi connectivity index (χ1v) is 6.47. The summed E-state index contributed by atoms with van der Waals surface area (Å²) in [7, 11) is 1.89. The van der Waals surface area contributed by atoms with E-state index in [2.05, 4.69) is 10.2 Å². The normalized spacial score (nSPS) is 33.8. The fraction of sp³-hybridized carbons (Fsp3) is 0.900. The number of hydrogen-bond donors (Lipinski definition) is 1. The summed E-state index contributed by atoms with van der Waals surface area (Å²) in [5, 5.41) is 3.59. The fourth-order valence-corrected chi connectivity index (χ4v) is 3.56. The molecule has 3 nitrogen and oxygen atoms in total. The van der Waals surface area contributed by atoms with Crippen LogP contribution >= 0.6 is 11.8 Å². The van der Waals surface area contributed by atoms with E-state index in [9.17, 15) is 4.79 Å². The average molecular weight is 214 g/mol. The van der Waals surface area contributed by atoms with Gasteiger partial charge in [-0.2, -0.15) is 0 Å². The smallest absolute Gasteiger partial charge is 0.240 e. The van der Waals surface area contributed by atoms with Crippen molar-refractivity contribution in [3.8, 4) is 0 Å². The second-order valence-corrected chi connectivity index (χ2v) is 5.27. The quantitative estimate of drug-likeness (QED) is 0.708. The first-order chi connectivity index (χ1) is 6.83. The summed E-state index contributed by atoms with van der Waals surface area (Å²) in [5.41, 5.74) is 0. The summed E-state index contributed by atoms with van der Waals surface area (Å²) < 4.78 is 0. The van der Waals surface area contributed by atoms with E-state index in [1.54, 1.807) is 0 Å². The van der Waals surface area contributed by atoms with E-state index in [-0.39, 0.29) is 6.04 Å². The molecule has 0 bridgehead atoms. The van der Waals surface area contributed by atoms with Gasteiger partial charge in [-0.1, -0.05) is 0 Å². The molecule has 2 saturated heterocycles. The maximum absolute atomic E-state index is 12.1. The van der Waals surface area contributed by atoms with Gasteiger partial charge in [0.2, 0.25) is 5.91 Å². The molecule has 0 aromatic carbocycles. The number of nitrogens with one attached hydrogen (secondary N) is 1. The van der Waals surface area contributed by atoms with Crippen LogP contribution in [0.15, 0.2) is 0 Å². The van der Waals surface area contributed by atoms with Crippen molar-refractivity contribution >= 4 is 17.7 Å². The lowest BCUT2D eigenvalue weighted by atomic mass is 10.1. The number of likely N-dealkylation sites (N-methyl/N-ethyl adjacent to an activating group) is 1. The van der Waals surface area contributed by atoms with Crippen LogP contribution in [0.5, 0.6) is 0 Å². The third-order valence-electron chi connectivity index (χ3n) is 3.07. The number of carbonyl (C=O) groups excluding carboxylic acids is 1. The summed E-state index contributed by atoms with van der Waals surface area (Å²) in [6.45, 7) is 0.967. The van der Waals surface area contributed by atoms with Gasteiger partial charge in [0.1, 0.15) is 0 Å². The molecule has 0 saturated carbocycles. The number of fused-ring (bicyclic) bond motifs is 1. The number of carbonyl (C=O) groups is 1. The van der Waals surface area contributed by atoms with E-state index in [0.717, 1.165) is 19.4 Å². The number of hydrogen-bond acceptors (Lipinski definition) is 3. The van der Waals surface area contributed by atoms with E-state index in [1.165, 1.54) is 18.6 Å². The molecule has 2 atom stereocenters. The molecule has 14 heavy (non-hydrogen) atoms. The minimum atomic E-state index is 0.0682. The van der Waals surface area contributed by atoms with Gasteiger partial charge in [-0.05, 0) is 38.5 Å².